The molecule has 1 atom stereocenters. The summed E-state index contributed by atoms with van der Waals surface area (Å²) in [5, 5.41) is 11.3. The Morgan fingerprint density at radius 3 is 2.88 bits per heavy atom. The van der Waals surface area contributed by atoms with Crippen LogP contribution in [0.4, 0.5) is 5.69 Å². The van der Waals surface area contributed by atoms with Gasteiger partial charge in [-0.1, -0.05) is 0 Å². The normalized spacial score (nSPS) is 12.0. The molecule has 0 saturated carbocycles. The fourth-order valence-corrected chi connectivity index (χ4v) is 1.60. The van der Waals surface area contributed by atoms with Crippen molar-refractivity contribution in [2.24, 2.45) is 5.73 Å². The van der Waals surface area contributed by atoms with Gasteiger partial charge in [-0.3, -0.25) is 4.79 Å². The highest BCUT2D eigenvalue weighted by molar-refractivity contribution is 9.10. The summed E-state index contributed by atoms with van der Waals surface area (Å²) < 4.78 is 5.78. The number of hydrogen-bond acceptors (Lipinski definition) is 4. The number of amides is 1. The lowest BCUT2D eigenvalue weighted by atomic mass is 10.2. The number of ether oxygens (including phenoxy) is 1. The SMILES string of the molecule is COc1ccc(NC(=O)C(N)CO)cc1Br. The maximum atomic E-state index is 11.4. The van der Waals surface area contributed by atoms with Gasteiger partial charge in [0.25, 0.3) is 0 Å². The van der Waals surface area contributed by atoms with Crippen LogP contribution in [0.2, 0.25) is 0 Å². The summed E-state index contributed by atoms with van der Waals surface area (Å²) in [6, 6.07) is 4.18. The fourth-order valence-electron chi connectivity index (χ4n) is 1.06. The van der Waals surface area contributed by atoms with E-state index in [0.29, 0.717) is 11.4 Å². The van der Waals surface area contributed by atoms with Crippen LogP contribution < -0.4 is 15.8 Å². The molecule has 1 rings (SSSR count). The van der Waals surface area contributed by atoms with E-state index in [0.717, 1.165) is 4.47 Å². The van der Waals surface area contributed by atoms with Crippen LogP contribution in [0.3, 0.4) is 0 Å². The zero-order valence-corrected chi connectivity index (χ0v) is 10.3. The highest BCUT2D eigenvalue weighted by atomic mass is 79.9. The van der Waals surface area contributed by atoms with Gasteiger partial charge in [-0.25, -0.2) is 0 Å². The predicted molar refractivity (Wildman–Crippen MR) is 64.4 cm³/mol. The van der Waals surface area contributed by atoms with Crippen molar-refractivity contribution in [3.05, 3.63) is 22.7 Å². The Hall–Kier alpha value is -1.11. The Morgan fingerprint density at radius 2 is 2.38 bits per heavy atom. The third kappa shape index (κ3) is 3.19. The Kier molecular flexibility index (Phi) is 4.72. The molecule has 5 nitrogen and oxygen atoms in total. The van der Waals surface area contributed by atoms with E-state index in [1.54, 1.807) is 25.3 Å². The van der Waals surface area contributed by atoms with Crippen molar-refractivity contribution in [1.82, 2.24) is 0 Å². The number of carbonyl (C=O) groups is 1. The van der Waals surface area contributed by atoms with Gasteiger partial charge in [-0.15, -0.1) is 0 Å². The van der Waals surface area contributed by atoms with Gasteiger partial charge in [0.05, 0.1) is 18.2 Å². The van der Waals surface area contributed by atoms with E-state index in [1.807, 2.05) is 0 Å². The maximum absolute atomic E-state index is 11.4. The summed E-state index contributed by atoms with van der Waals surface area (Å²) in [7, 11) is 1.56. The van der Waals surface area contributed by atoms with E-state index in [4.69, 9.17) is 15.6 Å². The fraction of sp³-hybridized carbons (Fsp3) is 0.300. The van der Waals surface area contributed by atoms with E-state index in [-0.39, 0.29) is 6.61 Å². The number of nitrogens with one attached hydrogen (secondary N) is 1. The number of carbonyl (C=O) groups excluding carboxylic acids is 1. The Bertz CT molecular complexity index is 384. The van der Waals surface area contributed by atoms with Crippen LogP contribution in [-0.2, 0) is 4.79 Å². The topological polar surface area (TPSA) is 84.6 Å². The van der Waals surface area contributed by atoms with Crippen LogP contribution in [0.25, 0.3) is 0 Å². The van der Waals surface area contributed by atoms with Crippen molar-refractivity contribution in [3.8, 4) is 5.75 Å². The first-order chi connectivity index (χ1) is 7.58. The second kappa shape index (κ2) is 5.83. The minimum atomic E-state index is -0.916. The van der Waals surface area contributed by atoms with E-state index in [1.165, 1.54) is 0 Å². The van der Waals surface area contributed by atoms with Gasteiger partial charge in [0.15, 0.2) is 0 Å². The van der Waals surface area contributed by atoms with Crippen molar-refractivity contribution >= 4 is 27.5 Å². The third-order valence-corrected chi connectivity index (χ3v) is 2.57. The quantitative estimate of drug-likeness (QED) is 0.762. The van der Waals surface area contributed by atoms with Gasteiger partial charge >= 0.3 is 0 Å². The lowest BCUT2D eigenvalue weighted by Gasteiger charge is -2.10. The zero-order chi connectivity index (χ0) is 12.1. The zero-order valence-electron chi connectivity index (χ0n) is 8.74. The van der Waals surface area contributed by atoms with Crippen LogP contribution in [0.5, 0.6) is 5.75 Å². The Balaban J connectivity index is 2.75. The van der Waals surface area contributed by atoms with Crippen LogP contribution in [0, 0.1) is 0 Å². The van der Waals surface area contributed by atoms with Crippen LogP contribution in [-0.4, -0.2) is 30.8 Å². The molecular formula is C10H13BrN2O3. The molecule has 0 aliphatic heterocycles. The molecule has 0 aromatic heterocycles. The number of halogens is 1. The Labute approximate surface area is 102 Å². The van der Waals surface area contributed by atoms with Crippen molar-refractivity contribution in [1.29, 1.82) is 0 Å². The molecule has 1 unspecified atom stereocenters. The first kappa shape index (κ1) is 13.0. The third-order valence-electron chi connectivity index (χ3n) is 1.95. The molecule has 4 N–H and O–H groups in total. The monoisotopic (exact) mass is 288 g/mol. The smallest absolute Gasteiger partial charge is 0.243 e. The second-order valence-corrected chi connectivity index (χ2v) is 3.98. The van der Waals surface area contributed by atoms with E-state index >= 15 is 0 Å². The molecule has 88 valence electrons. The average Bonchev–Trinajstić information content (AvgIpc) is 2.28. The number of methoxy groups -OCH3 is 1. The summed E-state index contributed by atoms with van der Waals surface area (Å²) in [5.74, 6) is 0.240. The summed E-state index contributed by atoms with van der Waals surface area (Å²) in [6.45, 7) is -0.386. The first-order valence-corrected chi connectivity index (χ1v) is 5.38. The molecule has 0 spiro atoms. The number of aliphatic hydroxyl groups is 1. The molecular weight excluding hydrogens is 276 g/mol. The van der Waals surface area contributed by atoms with Gasteiger partial charge in [-0.2, -0.15) is 0 Å². The second-order valence-electron chi connectivity index (χ2n) is 3.13. The van der Waals surface area contributed by atoms with E-state index < -0.39 is 11.9 Å². The number of rotatable bonds is 4. The minimum Gasteiger partial charge on any atom is -0.496 e. The maximum Gasteiger partial charge on any atom is 0.243 e. The summed E-state index contributed by atoms with van der Waals surface area (Å²) in [4.78, 5) is 11.4. The lowest BCUT2D eigenvalue weighted by Crippen LogP contribution is -2.38. The largest absolute Gasteiger partial charge is 0.496 e. The lowest BCUT2D eigenvalue weighted by molar-refractivity contribution is -0.118. The van der Waals surface area contributed by atoms with Crippen molar-refractivity contribution in [2.45, 2.75) is 6.04 Å². The molecule has 0 bridgehead atoms. The predicted octanol–water partition coefficient (Wildman–Crippen LogP) is 0.716. The Morgan fingerprint density at radius 1 is 1.69 bits per heavy atom. The molecule has 16 heavy (non-hydrogen) atoms. The minimum absolute atomic E-state index is 0.386. The number of hydrogen-bond donors (Lipinski definition) is 3. The van der Waals surface area contributed by atoms with Gasteiger partial charge in [-0.05, 0) is 34.1 Å². The number of benzene rings is 1. The van der Waals surface area contributed by atoms with Crippen molar-refractivity contribution < 1.29 is 14.6 Å². The van der Waals surface area contributed by atoms with Crippen LogP contribution in [0.1, 0.15) is 0 Å². The number of aliphatic hydroxyl groups excluding tert-OH is 1. The van der Waals surface area contributed by atoms with Gasteiger partial charge in [0.1, 0.15) is 11.8 Å². The number of nitrogens with two attached hydrogens (primary N) is 1. The first-order valence-electron chi connectivity index (χ1n) is 4.59. The average molecular weight is 289 g/mol. The standard InChI is InChI=1S/C10H13BrN2O3/c1-16-9-3-2-6(4-7(9)11)13-10(15)8(12)5-14/h2-4,8,14H,5,12H2,1H3,(H,13,15). The molecule has 0 aliphatic rings. The molecule has 6 heteroatoms. The molecule has 0 fully saturated rings. The van der Waals surface area contributed by atoms with Crippen LogP contribution in [0.15, 0.2) is 22.7 Å². The molecule has 1 aromatic carbocycles. The number of anilines is 1. The summed E-state index contributed by atoms with van der Waals surface area (Å²) in [6.07, 6.45) is 0. The summed E-state index contributed by atoms with van der Waals surface area (Å²) >= 11 is 3.29. The van der Waals surface area contributed by atoms with Crippen molar-refractivity contribution in [2.75, 3.05) is 19.0 Å². The highest BCUT2D eigenvalue weighted by Gasteiger charge is 2.12. The van der Waals surface area contributed by atoms with E-state index in [2.05, 4.69) is 21.2 Å². The van der Waals surface area contributed by atoms with Gasteiger partial charge in [0.2, 0.25) is 5.91 Å². The molecule has 1 aromatic rings. The van der Waals surface area contributed by atoms with Crippen molar-refractivity contribution in [3.63, 3.8) is 0 Å². The molecule has 0 aliphatic carbocycles. The van der Waals surface area contributed by atoms with Gasteiger partial charge < -0.3 is 20.9 Å². The van der Waals surface area contributed by atoms with Gasteiger partial charge in [0, 0.05) is 5.69 Å². The molecule has 0 saturated heterocycles. The van der Waals surface area contributed by atoms with E-state index in [9.17, 15) is 4.79 Å². The summed E-state index contributed by atoms with van der Waals surface area (Å²) in [5.41, 5.74) is 5.94. The molecule has 0 radical (unpaired) electrons. The highest BCUT2D eigenvalue weighted by Crippen LogP contribution is 2.27. The van der Waals surface area contributed by atoms with Crippen LogP contribution >= 0.6 is 15.9 Å². The molecule has 0 heterocycles. The molecule has 1 amide bonds.